The number of amides is 1. The van der Waals surface area contributed by atoms with Gasteiger partial charge in [-0.15, -0.1) is 0 Å². The number of aryl methyl sites for hydroxylation is 1. The maximum absolute atomic E-state index is 13.4. The summed E-state index contributed by atoms with van der Waals surface area (Å²) >= 11 is 0. The summed E-state index contributed by atoms with van der Waals surface area (Å²) in [5.74, 6) is -0.568. The van der Waals surface area contributed by atoms with Crippen LogP contribution in [0.25, 0.3) is 11.3 Å². The Bertz CT molecular complexity index is 1160. The number of pyridine rings is 1. The third kappa shape index (κ3) is 4.31. The molecular weight excluding hydrogens is 406 g/mol. The maximum atomic E-state index is 13.4. The molecular formula is C25H26BFN2O3. The molecule has 2 heterocycles. The number of anilines is 1. The third-order valence-electron chi connectivity index (χ3n) is 6.16. The first-order chi connectivity index (χ1) is 15.1. The van der Waals surface area contributed by atoms with Gasteiger partial charge in [-0.2, -0.15) is 0 Å². The van der Waals surface area contributed by atoms with E-state index in [4.69, 9.17) is 9.31 Å². The molecule has 0 bridgehead atoms. The molecule has 164 valence electrons. The van der Waals surface area contributed by atoms with Crippen LogP contribution in [0.2, 0.25) is 0 Å². The van der Waals surface area contributed by atoms with Crippen molar-refractivity contribution in [2.24, 2.45) is 0 Å². The Hall–Kier alpha value is -3.03. The topological polar surface area (TPSA) is 60.5 Å². The largest absolute Gasteiger partial charge is 0.494 e. The highest BCUT2D eigenvalue weighted by Gasteiger charge is 2.51. The summed E-state index contributed by atoms with van der Waals surface area (Å²) in [4.78, 5) is 17.3. The minimum absolute atomic E-state index is 0.264. The van der Waals surface area contributed by atoms with Gasteiger partial charge in [0, 0.05) is 23.0 Å². The van der Waals surface area contributed by atoms with Crippen LogP contribution in [0.1, 0.15) is 43.6 Å². The van der Waals surface area contributed by atoms with E-state index in [1.54, 1.807) is 24.4 Å². The van der Waals surface area contributed by atoms with Crippen LogP contribution in [0.4, 0.5) is 10.1 Å². The van der Waals surface area contributed by atoms with Crippen molar-refractivity contribution in [1.29, 1.82) is 0 Å². The molecule has 7 heteroatoms. The lowest BCUT2D eigenvalue weighted by Gasteiger charge is -2.32. The van der Waals surface area contributed by atoms with E-state index in [-0.39, 0.29) is 11.7 Å². The van der Waals surface area contributed by atoms with Crippen molar-refractivity contribution < 1.29 is 18.5 Å². The fourth-order valence-corrected chi connectivity index (χ4v) is 3.58. The Balaban J connectivity index is 1.54. The van der Waals surface area contributed by atoms with Gasteiger partial charge in [0.25, 0.3) is 5.91 Å². The van der Waals surface area contributed by atoms with Gasteiger partial charge in [-0.25, -0.2) is 4.39 Å². The van der Waals surface area contributed by atoms with Crippen molar-refractivity contribution >= 4 is 24.2 Å². The molecule has 1 N–H and O–H groups in total. The van der Waals surface area contributed by atoms with Gasteiger partial charge in [-0.3, -0.25) is 9.78 Å². The number of benzene rings is 2. The van der Waals surface area contributed by atoms with Gasteiger partial charge in [0.15, 0.2) is 0 Å². The van der Waals surface area contributed by atoms with Crippen LogP contribution in [0.5, 0.6) is 0 Å². The van der Waals surface area contributed by atoms with Gasteiger partial charge in [0.2, 0.25) is 0 Å². The average molecular weight is 432 g/mol. The lowest BCUT2D eigenvalue weighted by atomic mass is 9.79. The number of hydrogen-bond donors (Lipinski definition) is 1. The molecule has 0 atom stereocenters. The molecule has 1 aliphatic rings. The van der Waals surface area contributed by atoms with Gasteiger partial charge in [0.1, 0.15) is 5.82 Å². The first-order valence-electron chi connectivity index (χ1n) is 10.6. The monoisotopic (exact) mass is 432 g/mol. The Labute approximate surface area is 188 Å². The maximum Gasteiger partial charge on any atom is 0.494 e. The van der Waals surface area contributed by atoms with E-state index in [2.05, 4.69) is 10.3 Å². The van der Waals surface area contributed by atoms with Crippen LogP contribution >= 0.6 is 0 Å². The molecule has 0 radical (unpaired) electrons. The number of carbonyl (C=O) groups excluding carboxylic acids is 1. The zero-order valence-corrected chi connectivity index (χ0v) is 18.9. The molecule has 3 aromatic rings. The second-order valence-electron chi connectivity index (χ2n) is 9.06. The zero-order chi connectivity index (χ0) is 23.1. The fraction of sp³-hybridized carbons (Fsp3) is 0.280. The minimum Gasteiger partial charge on any atom is -0.399 e. The highest BCUT2D eigenvalue weighted by atomic mass is 19.1. The van der Waals surface area contributed by atoms with Crippen LogP contribution in [0.15, 0.2) is 60.8 Å². The van der Waals surface area contributed by atoms with Crippen molar-refractivity contribution in [2.45, 2.75) is 45.8 Å². The third-order valence-corrected chi connectivity index (χ3v) is 6.16. The summed E-state index contributed by atoms with van der Waals surface area (Å²) in [6.45, 7) is 9.82. The van der Waals surface area contributed by atoms with E-state index in [0.717, 1.165) is 16.6 Å². The van der Waals surface area contributed by atoms with Crippen molar-refractivity contribution in [3.8, 4) is 11.3 Å². The molecule has 2 aromatic carbocycles. The van der Waals surface area contributed by atoms with Crippen LogP contribution in [0, 0.1) is 12.7 Å². The van der Waals surface area contributed by atoms with E-state index in [0.29, 0.717) is 16.9 Å². The average Bonchev–Trinajstić information content (AvgIpc) is 2.95. The molecule has 0 spiro atoms. The van der Waals surface area contributed by atoms with Gasteiger partial charge in [-0.1, -0.05) is 12.1 Å². The van der Waals surface area contributed by atoms with Crippen molar-refractivity contribution in [1.82, 2.24) is 4.98 Å². The Morgan fingerprint density at radius 1 is 1.00 bits per heavy atom. The molecule has 1 fully saturated rings. The number of halogens is 1. The Kier molecular flexibility index (Phi) is 5.65. The van der Waals surface area contributed by atoms with E-state index in [1.807, 2.05) is 58.9 Å². The Morgan fingerprint density at radius 3 is 2.41 bits per heavy atom. The summed E-state index contributed by atoms with van der Waals surface area (Å²) in [6.07, 6.45) is 1.58. The number of nitrogens with zero attached hydrogens (tertiary/aromatic N) is 1. The van der Waals surface area contributed by atoms with Gasteiger partial charge < -0.3 is 14.6 Å². The number of carbonyl (C=O) groups is 1. The first kappa shape index (κ1) is 22.2. The molecule has 1 aliphatic heterocycles. The second-order valence-corrected chi connectivity index (χ2v) is 9.06. The first-order valence-corrected chi connectivity index (χ1v) is 10.6. The van der Waals surface area contributed by atoms with Gasteiger partial charge in [0.05, 0.1) is 16.9 Å². The van der Waals surface area contributed by atoms with Crippen LogP contribution in [-0.4, -0.2) is 29.2 Å². The number of aromatic nitrogens is 1. The molecule has 0 aliphatic carbocycles. The fourth-order valence-electron chi connectivity index (χ4n) is 3.58. The summed E-state index contributed by atoms with van der Waals surface area (Å²) in [7, 11) is -0.508. The van der Waals surface area contributed by atoms with Crippen LogP contribution in [0.3, 0.4) is 0 Å². The highest BCUT2D eigenvalue weighted by molar-refractivity contribution is 6.62. The number of nitrogens with one attached hydrogen (secondary N) is 1. The quantitative estimate of drug-likeness (QED) is 0.605. The zero-order valence-electron chi connectivity index (χ0n) is 18.9. The molecule has 0 unspecified atom stereocenters. The predicted octanol–water partition coefficient (Wildman–Crippen LogP) is 4.75. The lowest BCUT2D eigenvalue weighted by Crippen LogP contribution is -2.41. The summed E-state index contributed by atoms with van der Waals surface area (Å²) in [6, 6.07) is 15.3. The van der Waals surface area contributed by atoms with E-state index >= 15 is 0 Å². The van der Waals surface area contributed by atoms with Crippen LogP contribution < -0.4 is 10.8 Å². The van der Waals surface area contributed by atoms with Crippen molar-refractivity contribution in [2.75, 3.05) is 5.32 Å². The Morgan fingerprint density at radius 2 is 1.72 bits per heavy atom. The second kappa shape index (κ2) is 8.15. The summed E-state index contributed by atoms with van der Waals surface area (Å²) in [5.41, 5.74) is 3.19. The number of hydrogen-bond acceptors (Lipinski definition) is 4. The highest BCUT2D eigenvalue weighted by Crippen LogP contribution is 2.36. The summed E-state index contributed by atoms with van der Waals surface area (Å²) < 4.78 is 25.7. The van der Waals surface area contributed by atoms with E-state index in [9.17, 15) is 9.18 Å². The van der Waals surface area contributed by atoms with Crippen molar-refractivity contribution in [3.05, 3.63) is 77.7 Å². The normalized spacial score (nSPS) is 16.8. The molecule has 5 nitrogen and oxygen atoms in total. The van der Waals surface area contributed by atoms with Crippen molar-refractivity contribution in [3.63, 3.8) is 0 Å². The molecule has 32 heavy (non-hydrogen) atoms. The minimum atomic E-state index is -0.508. The summed E-state index contributed by atoms with van der Waals surface area (Å²) in [5, 5.41) is 2.93. The van der Waals surface area contributed by atoms with Crippen LogP contribution in [-0.2, 0) is 9.31 Å². The van der Waals surface area contributed by atoms with E-state index < -0.39 is 18.3 Å². The predicted molar refractivity (Wildman–Crippen MR) is 124 cm³/mol. The van der Waals surface area contributed by atoms with Gasteiger partial charge in [-0.05, 0) is 88.1 Å². The van der Waals surface area contributed by atoms with Gasteiger partial charge >= 0.3 is 7.12 Å². The van der Waals surface area contributed by atoms with E-state index in [1.165, 1.54) is 12.1 Å². The molecule has 1 amide bonds. The number of rotatable bonds is 4. The molecule has 4 rings (SSSR count). The SMILES string of the molecule is Cc1cc(F)ccc1-c1cc(C(=O)Nc2cccc(B3OC(C)(C)C(C)(C)O3)c2)ccn1. The molecule has 1 aromatic heterocycles. The molecule has 0 saturated carbocycles. The molecule has 1 saturated heterocycles. The smallest absolute Gasteiger partial charge is 0.399 e. The lowest BCUT2D eigenvalue weighted by molar-refractivity contribution is 0.00578. The standard InChI is InChI=1S/C25H26BFN2O3/c1-16-13-19(27)9-10-21(16)22-14-17(11-12-28-22)23(30)29-20-8-6-7-18(15-20)26-31-24(2,3)25(4,5)32-26/h6-15H,1-5H3,(H,29,30).